The third-order valence-corrected chi connectivity index (χ3v) is 4.03. The van der Waals surface area contributed by atoms with E-state index in [1.54, 1.807) is 6.20 Å². The molecule has 0 spiro atoms. The number of anilines is 1. The molecule has 5 nitrogen and oxygen atoms in total. The van der Waals surface area contributed by atoms with Crippen molar-refractivity contribution < 1.29 is 0 Å². The Hall–Kier alpha value is -1.07. The van der Waals surface area contributed by atoms with Gasteiger partial charge < -0.3 is 11.1 Å². The largest absolute Gasteiger partial charge is 0.376 e. The molecule has 0 amide bonds. The van der Waals surface area contributed by atoms with Crippen molar-refractivity contribution >= 4 is 17.3 Å². The number of hydrogen-bond acceptors (Lipinski definition) is 4. The van der Waals surface area contributed by atoms with Gasteiger partial charge in [0.15, 0.2) is 0 Å². The monoisotopic (exact) mass is 300 g/mol. The van der Waals surface area contributed by atoms with E-state index in [-0.39, 0.29) is 16.1 Å². The maximum absolute atomic E-state index is 12.2. The van der Waals surface area contributed by atoms with Gasteiger partial charge in [-0.15, -0.1) is 0 Å². The second kappa shape index (κ2) is 7.09. The fraction of sp³-hybridized carbons (Fsp3) is 0.714. The second-order valence-electron chi connectivity index (χ2n) is 5.57. The van der Waals surface area contributed by atoms with Crippen LogP contribution in [0.15, 0.2) is 11.0 Å². The fourth-order valence-corrected chi connectivity index (χ4v) is 2.27. The minimum absolute atomic E-state index is 0.181. The van der Waals surface area contributed by atoms with Crippen molar-refractivity contribution in [1.82, 2.24) is 9.78 Å². The first-order valence-electron chi connectivity index (χ1n) is 7.13. The highest BCUT2D eigenvalue weighted by Gasteiger charge is 2.25. The van der Waals surface area contributed by atoms with E-state index in [1.165, 1.54) is 4.68 Å². The van der Waals surface area contributed by atoms with E-state index in [0.29, 0.717) is 24.7 Å². The summed E-state index contributed by atoms with van der Waals surface area (Å²) in [7, 11) is 0. The SMILES string of the molecule is CCC(CC)(CN)Nc1cnn(CC(C)C)c(=O)c1Cl. The molecule has 0 aromatic carbocycles. The highest BCUT2D eigenvalue weighted by atomic mass is 35.5. The van der Waals surface area contributed by atoms with Gasteiger partial charge in [0.05, 0.1) is 11.9 Å². The van der Waals surface area contributed by atoms with E-state index in [1.807, 2.05) is 13.8 Å². The zero-order valence-electron chi connectivity index (χ0n) is 12.7. The molecule has 1 heterocycles. The first kappa shape index (κ1) is 17.0. The first-order valence-corrected chi connectivity index (χ1v) is 7.50. The van der Waals surface area contributed by atoms with E-state index < -0.39 is 0 Å². The van der Waals surface area contributed by atoms with Crippen molar-refractivity contribution in [3.63, 3.8) is 0 Å². The summed E-state index contributed by atoms with van der Waals surface area (Å²) in [6.45, 7) is 9.22. The highest BCUT2D eigenvalue weighted by molar-refractivity contribution is 6.32. The van der Waals surface area contributed by atoms with Crippen LogP contribution in [-0.4, -0.2) is 21.9 Å². The van der Waals surface area contributed by atoms with Crippen LogP contribution in [0.4, 0.5) is 5.69 Å². The lowest BCUT2D eigenvalue weighted by Crippen LogP contribution is -2.45. The van der Waals surface area contributed by atoms with Gasteiger partial charge >= 0.3 is 0 Å². The van der Waals surface area contributed by atoms with Crippen LogP contribution < -0.4 is 16.6 Å². The Morgan fingerprint density at radius 2 is 2.05 bits per heavy atom. The molecule has 6 heteroatoms. The van der Waals surface area contributed by atoms with Crippen LogP contribution >= 0.6 is 11.6 Å². The van der Waals surface area contributed by atoms with Crippen molar-refractivity contribution in [1.29, 1.82) is 0 Å². The second-order valence-corrected chi connectivity index (χ2v) is 5.95. The summed E-state index contributed by atoms with van der Waals surface area (Å²) in [6, 6.07) is 0. The molecule has 0 aliphatic carbocycles. The van der Waals surface area contributed by atoms with Crippen LogP contribution in [0.25, 0.3) is 0 Å². The molecule has 20 heavy (non-hydrogen) atoms. The molecular formula is C14H25ClN4O. The molecule has 114 valence electrons. The molecule has 0 bridgehead atoms. The van der Waals surface area contributed by atoms with Crippen LogP contribution in [0, 0.1) is 5.92 Å². The van der Waals surface area contributed by atoms with Crippen molar-refractivity contribution in [3.8, 4) is 0 Å². The van der Waals surface area contributed by atoms with Gasteiger partial charge in [-0.1, -0.05) is 39.3 Å². The van der Waals surface area contributed by atoms with Crippen molar-refractivity contribution in [2.24, 2.45) is 11.7 Å². The Morgan fingerprint density at radius 3 is 2.50 bits per heavy atom. The van der Waals surface area contributed by atoms with Gasteiger partial charge in [-0.2, -0.15) is 5.10 Å². The molecule has 0 atom stereocenters. The molecule has 0 aliphatic heterocycles. The van der Waals surface area contributed by atoms with Gasteiger partial charge in [-0.05, 0) is 18.8 Å². The number of nitrogens with zero attached hydrogens (tertiary/aromatic N) is 2. The summed E-state index contributed by atoms with van der Waals surface area (Å²) in [5.74, 6) is 0.337. The maximum atomic E-state index is 12.2. The van der Waals surface area contributed by atoms with E-state index in [2.05, 4.69) is 24.3 Å². The predicted molar refractivity (Wildman–Crippen MR) is 84.3 cm³/mol. The van der Waals surface area contributed by atoms with Crippen LogP contribution in [0.1, 0.15) is 40.5 Å². The molecule has 0 radical (unpaired) electrons. The Balaban J connectivity index is 3.10. The average Bonchev–Trinajstić information content (AvgIpc) is 2.43. The summed E-state index contributed by atoms with van der Waals surface area (Å²) in [5.41, 5.74) is 5.90. The predicted octanol–water partition coefficient (Wildman–Crippen LogP) is 2.48. The van der Waals surface area contributed by atoms with Gasteiger partial charge in [0, 0.05) is 18.6 Å². The summed E-state index contributed by atoms with van der Waals surface area (Å²) in [5, 5.41) is 7.66. The quantitative estimate of drug-likeness (QED) is 0.811. The lowest BCUT2D eigenvalue weighted by atomic mass is 9.93. The van der Waals surface area contributed by atoms with Crippen molar-refractivity contribution in [2.75, 3.05) is 11.9 Å². The standard InChI is InChI=1S/C14H25ClN4O/c1-5-14(6-2,9-16)18-11-7-17-19(8-10(3)4)13(20)12(11)15/h7,10,18H,5-6,8-9,16H2,1-4H3. The Morgan fingerprint density at radius 1 is 1.45 bits per heavy atom. The molecule has 1 aromatic rings. The molecule has 0 aliphatic rings. The number of hydrogen-bond donors (Lipinski definition) is 2. The molecule has 3 N–H and O–H groups in total. The Labute approximate surface area is 125 Å². The van der Waals surface area contributed by atoms with E-state index >= 15 is 0 Å². The van der Waals surface area contributed by atoms with Crippen LogP contribution in [0.3, 0.4) is 0 Å². The third-order valence-electron chi connectivity index (χ3n) is 3.67. The molecule has 0 fully saturated rings. The van der Waals surface area contributed by atoms with E-state index in [0.717, 1.165) is 12.8 Å². The topological polar surface area (TPSA) is 72.9 Å². The summed E-state index contributed by atoms with van der Waals surface area (Å²) in [4.78, 5) is 12.2. The minimum atomic E-state index is -0.261. The molecular weight excluding hydrogens is 276 g/mol. The summed E-state index contributed by atoms with van der Waals surface area (Å²) >= 11 is 6.18. The molecule has 0 saturated heterocycles. The van der Waals surface area contributed by atoms with Crippen molar-refractivity contribution in [3.05, 3.63) is 21.6 Å². The lowest BCUT2D eigenvalue weighted by Gasteiger charge is -2.32. The number of halogens is 1. The van der Waals surface area contributed by atoms with Crippen LogP contribution in [-0.2, 0) is 6.54 Å². The Bertz CT molecular complexity index is 486. The van der Waals surface area contributed by atoms with Gasteiger partial charge in [0.25, 0.3) is 5.56 Å². The number of aromatic nitrogens is 2. The number of nitrogens with one attached hydrogen (secondary N) is 1. The Kier molecular flexibility index (Phi) is 6.02. The van der Waals surface area contributed by atoms with Gasteiger partial charge in [-0.25, -0.2) is 4.68 Å². The van der Waals surface area contributed by atoms with Gasteiger partial charge in [0.1, 0.15) is 5.02 Å². The molecule has 0 saturated carbocycles. The maximum Gasteiger partial charge on any atom is 0.287 e. The van der Waals surface area contributed by atoms with Crippen LogP contribution in [0.2, 0.25) is 5.02 Å². The normalized spacial score (nSPS) is 11.9. The number of rotatable bonds is 7. The fourth-order valence-electron chi connectivity index (χ4n) is 2.08. The van der Waals surface area contributed by atoms with Gasteiger partial charge in [0.2, 0.25) is 0 Å². The van der Waals surface area contributed by atoms with Crippen molar-refractivity contribution in [2.45, 2.75) is 52.6 Å². The van der Waals surface area contributed by atoms with E-state index in [4.69, 9.17) is 17.3 Å². The van der Waals surface area contributed by atoms with Crippen LogP contribution in [0.5, 0.6) is 0 Å². The molecule has 1 rings (SSSR count). The summed E-state index contributed by atoms with van der Waals surface area (Å²) in [6.07, 6.45) is 3.32. The molecule has 1 aromatic heterocycles. The van der Waals surface area contributed by atoms with E-state index in [9.17, 15) is 4.79 Å². The molecule has 0 unspecified atom stereocenters. The van der Waals surface area contributed by atoms with Gasteiger partial charge in [-0.3, -0.25) is 4.79 Å². The minimum Gasteiger partial charge on any atom is -0.376 e. The zero-order valence-corrected chi connectivity index (χ0v) is 13.5. The first-order chi connectivity index (χ1) is 9.39. The zero-order chi connectivity index (χ0) is 15.3. The lowest BCUT2D eigenvalue weighted by molar-refractivity contribution is 0.441. The smallest absolute Gasteiger partial charge is 0.287 e. The summed E-state index contributed by atoms with van der Waals surface area (Å²) < 4.78 is 1.40. The number of nitrogens with two attached hydrogens (primary N) is 1. The highest BCUT2D eigenvalue weighted by Crippen LogP contribution is 2.24. The average molecular weight is 301 g/mol. The third kappa shape index (κ3) is 3.73.